The van der Waals surface area contributed by atoms with Crippen molar-refractivity contribution in [3.05, 3.63) is 54.5 Å². The van der Waals surface area contributed by atoms with Gasteiger partial charge in [-0.15, -0.1) is 0 Å². The van der Waals surface area contributed by atoms with Crippen LogP contribution in [-0.4, -0.2) is 55.6 Å². The Labute approximate surface area is 220 Å². The monoisotopic (exact) mass is 509 g/mol. The topological polar surface area (TPSA) is 153 Å². The molecule has 192 valence electrons. The quantitative estimate of drug-likeness (QED) is 0.493. The van der Waals surface area contributed by atoms with Gasteiger partial charge in [-0.2, -0.15) is 15.6 Å². The molecule has 0 radical (unpaired) electrons. The van der Waals surface area contributed by atoms with Gasteiger partial charge in [-0.05, 0) is 49.6 Å². The van der Waals surface area contributed by atoms with Crippen molar-refractivity contribution in [1.29, 1.82) is 10.5 Å². The minimum Gasteiger partial charge on any atom is -0.352 e. The highest BCUT2D eigenvalue weighted by molar-refractivity contribution is 5.95. The van der Waals surface area contributed by atoms with Gasteiger partial charge in [0.05, 0.1) is 41.9 Å². The molecule has 2 N–H and O–H groups in total. The zero-order valence-electron chi connectivity index (χ0n) is 21.0. The molecule has 1 atom stereocenters. The number of nitrogens with one attached hydrogen (secondary N) is 2. The van der Waals surface area contributed by atoms with Crippen LogP contribution in [0.3, 0.4) is 0 Å². The molecule has 2 fully saturated rings. The van der Waals surface area contributed by atoms with Crippen molar-refractivity contribution >= 4 is 23.5 Å². The van der Waals surface area contributed by atoms with E-state index >= 15 is 0 Å². The second kappa shape index (κ2) is 10.3. The number of hydrogen-bond acceptors (Lipinski definition) is 8. The highest BCUT2D eigenvalue weighted by atomic mass is 16.2. The van der Waals surface area contributed by atoms with E-state index in [9.17, 15) is 20.1 Å². The Morgan fingerprint density at radius 2 is 1.97 bits per heavy atom. The van der Waals surface area contributed by atoms with Crippen LogP contribution in [0.25, 0.3) is 11.3 Å². The van der Waals surface area contributed by atoms with E-state index in [1.165, 1.54) is 6.92 Å². The predicted octanol–water partition coefficient (Wildman–Crippen LogP) is 2.98. The Bertz CT molecular complexity index is 1430. The van der Waals surface area contributed by atoms with Crippen LogP contribution in [0, 0.1) is 28.6 Å². The number of anilines is 2. The van der Waals surface area contributed by atoms with Gasteiger partial charge in [-0.1, -0.05) is 0 Å². The zero-order chi connectivity index (χ0) is 26.7. The summed E-state index contributed by atoms with van der Waals surface area (Å²) in [4.78, 5) is 34.8. The third-order valence-corrected chi connectivity index (χ3v) is 7.13. The molecule has 11 nitrogen and oxygen atoms in total. The van der Waals surface area contributed by atoms with Gasteiger partial charge in [0, 0.05) is 55.3 Å². The zero-order valence-corrected chi connectivity index (χ0v) is 21.0. The van der Waals surface area contributed by atoms with Crippen LogP contribution in [-0.2, 0) is 10.3 Å². The smallest absolute Gasteiger partial charge is 0.253 e. The average molecular weight is 510 g/mol. The first-order chi connectivity index (χ1) is 18.4. The number of likely N-dealkylation sites (tertiary alicyclic amines) is 1. The molecular formula is C27H27N9O2. The van der Waals surface area contributed by atoms with Crippen molar-refractivity contribution in [1.82, 2.24) is 30.0 Å². The first kappa shape index (κ1) is 24.9. The summed E-state index contributed by atoms with van der Waals surface area (Å²) in [5.41, 5.74) is 2.32. The maximum atomic E-state index is 12.9. The normalized spacial score (nSPS) is 22.1. The lowest BCUT2D eigenvalue weighted by Crippen LogP contribution is -2.46. The van der Waals surface area contributed by atoms with E-state index in [1.807, 2.05) is 6.20 Å². The molecule has 2 aromatic heterocycles. The molecule has 0 spiro atoms. The number of nitrogens with zero attached hydrogens (tertiary/aromatic N) is 7. The number of benzene rings is 1. The van der Waals surface area contributed by atoms with E-state index < -0.39 is 5.54 Å². The van der Waals surface area contributed by atoms with E-state index in [4.69, 9.17) is 0 Å². The molecule has 5 rings (SSSR count). The van der Waals surface area contributed by atoms with Crippen molar-refractivity contribution < 1.29 is 9.59 Å². The van der Waals surface area contributed by atoms with Crippen LogP contribution in [0.1, 0.15) is 43.0 Å². The van der Waals surface area contributed by atoms with Crippen LogP contribution in [0.4, 0.5) is 11.6 Å². The number of carbonyl (C=O) groups excluding carboxylic acids is 2. The van der Waals surface area contributed by atoms with E-state index in [-0.39, 0.29) is 23.8 Å². The number of amides is 2. The summed E-state index contributed by atoms with van der Waals surface area (Å²) in [5.74, 6) is 0.187. The Hall–Kier alpha value is -4.77. The Balaban J connectivity index is 1.24. The third-order valence-electron chi connectivity index (χ3n) is 7.13. The number of aromatic nitrogens is 4. The minimum atomic E-state index is -0.444. The van der Waals surface area contributed by atoms with Crippen LogP contribution in [0.5, 0.6) is 0 Å². The van der Waals surface area contributed by atoms with Gasteiger partial charge in [0.1, 0.15) is 0 Å². The number of rotatable bonds is 7. The SMILES string of the molecule is CC(=O)NC1CCN(C(=O)c2ccc(Nc3nccc(-c4cnn(C5(CC#N)CC(C#N)C5)c4)n3)cc2)C1. The fourth-order valence-electron chi connectivity index (χ4n) is 5.16. The van der Waals surface area contributed by atoms with Crippen molar-refractivity contribution in [3.63, 3.8) is 0 Å². The van der Waals surface area contributed by atoms with Crippen molar-refractivity contribution in [2.45, 2.75) is 44.2 Å². The van der Waals surface area contributed by atoms with Crippen molar-refractivity contribution in [2.75, 3.05) is 18.4 Å². The first-order valence-corrected chi connectivity index (χ1v) is 12.5. The van der Waals surface area contributed by atoms with E-state index in [0.717, 1.165) is 17.7 Å². The van der Waals surface area contributed by atoms with Crippen LogP contribution in [0.2, 0.25) is 0 Å². The van der Waals surface area contributed by atoms with Gasteiger partial charge in [0.15, 0.2) is 0 Å². The molecule has 1 unspecified atom stereocenters. The molecule has 11 heteroatoms. The lowest BCUT2D eigenvalue weighted by Gasteiger charge is -2.43. The second-order valence-corrected chi connectivity index (χ2v) is 9.87. The number of carbonyl (C=O) groups is 2. The minimum absolute atomic E-state index is 0.00557. The molecule has 1 saturated heterocycles. The molecule has 1 aliphatic carbocycles. The highest BCUT2D eigenvalue weighted by Gasteiger charge is 2.46. The van der Waals surface area contributed by atoms with Crippen molar-refractivity contribution in [2.24, 2.45) is 5.92 Å². The third kappa shape index (κ3) is 5.04. The molecule has 1 aliphatic heterocycles. The maximum Gasteiger partial charge on any atom is 0.253 e. The lowest BCUT2D eigenvalue weighted by molar-refractivity contribution is -0.119. The summed E-state index contributed by atoms with van der Waals surface area (Å²) in [7, 11) is 0. The average Bonchev–Trinajstić information content (AvgIpc) is 3.56. The van der Waals surface area contributed by atoms with Crippen molar-refractivity contribution in [3.8, 4) is 23.4 Å². The summed E-state index contributed by atoms with van der Waals surface area (Å²) in [6.45, 7) is 2.60. The van der Waals surface area contributed by atoms with Gasteiger partial charge in [-0.3, -0.25) is 14.3 Å². The number of hydrogen-bond donors (Lipinski definition) is 2. The van der Waals surface area contributed by atoms with E-state index in [2.05, 4.69) is 37.8 Å². The van der Waals surface area contributed by atoms with Gasteiger partial charge in [0.25, 0.3) is 5.91 Å². The van der Waals surface area contributed by atoms with Gasteiger partial charge in [-0.25, -0.2) is 9.97 Å². The van der Waals surface area contributed by atoms with Gasteiger partial charge >= 0.3 is 0 Å². The lowest BCUT2D eigenvalue weighted by atomic mass is 9.67. The van der Waals surface area contributed by atoms with Crippen LogP contribution < -0.4 is 10.6 Å². The molecular weight excluding hydrogens is 482 g/mol. The van der Waals surface area contributed by atoms with Crippen LogP contribution in [0.15, 0.2) is 48.9 Å². The fraction of sp³-hybridized carbons (Fsp3) is 0.370. The van der Waals surface area contributed by atoms with E-state index in [1.54, 1.807) is 52.3 Å². The molecule has 0 bridgehead atoms. The molecule has 3 aromatic rings. The molecule has 2 amide bonds. The highest BCUT2D eigenvalue weighted by Crippen LogP contribution is 2.46. The Morgan fingerprint density at radius 3 is 2.68 bits per heavy atom. The Kier molecular flexibility index (Phi) is 6.75. The molecule has 1 aromatic carbocycles. The predicted molar refractivity (Wildman–Crippen MR) is 138 cm³/mol. The summed E-state index contributed by atoms with van der Waals surface area (Å²) in [6, 6.07) is 13.4. The molecule has 1 saturated carbocycles. The number of nitriles is 2. The second-order valence-electron chi connectivity index (χ2n) is 9.87. The van der Waals surface area contributed by atoms with Gasteiger partial charge < -0.3 is 15.5 Å². The van der Waals surface area contributed by atoms with Gasteiger partial charge in [0.2, 0.25) is 11.9 Å². The molecule has 2 aliphatic rings. The standard InChI is InChI=1S/C27H27N9O2/c1-18(37)32-23-7-11-35(17-23)25(38)20-2-4-22(5-3-20)33-26-30-10-6-24(34-26)21-15-31-36(16-21)27(8-9-28)12-19(13-27)14-29/h2-6,10,15-16,19,23H,7-8,11-13,17H2,1H3,(H,32,37)(H,30,33,34). The maximum absolute atomic E-state index is 12.9. The Morgan fingerprint density at radius 1 is 1.18 bits per heavy atom. The van der Waals surface area contributed by atoms with Crippen LogP contribution >= 0.6 is 0 Å². The molecule has 3 heterocycles. The fourth-order valence-corrected chi connectivity index (χ4v) is 5.16. The summed E-state index contributed by atoms with van der Waals surface area (Å²) >= 11 is 0. The molecule has 38 heavy (non-hydrogen) atoms. The summed E-state index contributed by atoms with van der Waals surface area (Å²) in [6.07, 6.45) is 7.50. The largest absolute Gasteiger partial charge is 0.352 e. The summed E-state index contributed by atoms with van der Waals surface area (Å²) < 4.78 is 1.79. The first-order valence-electron chi connectivity index (χ1n) is 12.5. The summed E-state index contributed by atoms with van der Waals surface area (Å²) in [5, 5.41) is 29.0. The van der Waals surface area contributed by atoms with E-state index in [0.29, 0.717) is 49.6 Å².